The topological polar surface area (TPSA) is 87.6 Å². The maximum Gasteiger partial charge on any atom is 0.160 e. The normalized spacial score (nSPS) is 11.4. The fourth-order valence-electron chi connectivity index (χ4n) is 2.11. The quantitative estimate of drug-likeness (QED) is 0.583. The number of ketones is 1. The molecule has 0 spiro atoms. The molecule has 2 aromatic heterocycles. The first kappa shape index (κ1) is 10.0. The highest BCUT2D eigenvalue weighted by atomic mass is 16.1. The molecule has 0 bridgehead atoms. The lowest BCUT2D eigenvalue weighted by Gasteiger charge is -1.97. The number of H-pyrrole nitrogens is 2. The summed E-state index contributed by atoms with van der Waals surface area (Å²) in [6.45, 7) is 1.96. The SMILES string of the molecule is CC(=O)c1ccc2[nH]c3n[nH]c(CN)c3c2c1. The molecule has 0 amide bonds. The monoisotopic (exact) mass is 228 g/mol. The summed E-state index contributed by atoms with van der Waals surface area (Å²) in [6, 6.07) is 5.59. The summed E-state index contributed by atoms with van der Waals surface area (Å²) < 4.78 is 0. The Labute approximate surface area is 97.0 Å². The van der Waals surface area contributed by atoms with Crippen molar-refractivity contribution in [3.8, 4) is 0 Å². The standard InChI is InChI=1S/C12H12N4O/c1-6(17)7-2-3-9-8(4-7)11-10(5-13)15-16-12(11)14-9/h2-4H,5,13H2,1H3,(H2,14,15,16). The lowest BCUT2D eigenvalue weighted by atomic mass is 10.1. The van der Waals surface area contributed by atoms with Crippen LogP contribution in [0.2, 0.25) is 0 Å². The molecule has 0 unspecified atom stereocenters. The smallest absolute Gasteiger partial charge is 0.160 e. The molecule has 3 rings (SSSR count). The van der Waals surface area contributed by atoms with Gasteiger partial charge in [-0.05, 0) is 25.1 Å². The van der Waals surface area contributed by atoms with Crippen molar-refractivity contribution < 1.29 is 4.79 Å². The molecule has 0 fully saturated rings. The van der Waals surface area contributed by atoms with Gasteiger partial charge in [0.1, 0.15) is 0 Å². The molecule has 17 heavy (non-hydrogen) atoms. The van der Waals surface area contributed by atoms with Crippen LogP contribution >= 0.6 is 0 Å². The van der Waals surface area contributed by atoms with Crippen LogP contribution in [0.3, 0.4) is 0 Å². The number of fused-ring (bicyclic) bond motifs is 3. The van der Waals surface area contributed by atoms with E-state index in [1.165, 1.54) is 0 Å². The van der Waals surface area contributed by atoms with E-state index in [9.17, 15) is 4.79 Å². The van der Waals surface area contributed by atoms with Gasteiger partial charge in [0.05, 0.1) is 11.1 Å². The summed E-state index contributed by atoms with van der Waals surface area (Å²) >= 11 is 0. The average Bonchev–Trinajstić information content (AvgIpc) is 2.85. The second-order valence-electron chi connectivity index (χ2n) is 4.07. The van der Waals surface area contributed by atoms with Gasteiger partial charge in [0, 0.05) is 23.0 Å². The first-order chi connectivity index (χ1) is 8.20. The third kappa shape index (κ3) is 1.36. The Bertz CT molecular complexity index is 723. The Balaban J connectivity index is 2.41. The van der Waals surface area contributed by atoms with Crippen LogP contribution < -0.4 is 5.73 Å². The van der Waals surface area contributed by atoms with Crippen molar-refractivity contribution in [1.29, 1.82) is 0 Å². The highest BCUT2D eigenvalue weighted by Crippen LogP contribution is 2.27. The second-order valence-corrected chi connectivity index (χ2v) is 4.07. The van der Waals surface area contributed by atoms with Gasteiger partial charge < -0.3 is 10.7 Å². The summed E-state index contributed by atoms with van der Waals surface area (Å²) in [5.74, 6) is 0.0547. The lowest BCUT2D eigenvalue weighted by Crippen LogP contribution is -1.97. The number of aromatic amines is 2. The van der Waals surface area contributed by atoms with E-state index < -0.39 is 0 Å². The number of Topliss-reactive ketones (excluding diaryl/α,β-unsaturated/α-hetero) is 1. The van der Waals surface area contributed by atoms with Crippen LogP contribution in [-0.2, 0) is 6.54 Å². The van der Waals surface area contributed by atoms with Crippen molar-refractivity contribution in [1.82, 2.24) is 15.2 Å². The first-order valence-corrected chi connectivity index (χ1v) is 5.40. The number of rotatable bonds is 2. The van der Waals surface area contributed by atoms with Crippen LogP contribution in [0.1, 0.15) is 23.0 Å². The van der Waals surface area contributed by atoms with Crippen LogP contribution in [0.25, 0.3) is 21.9 Å². The van der Waals surface area contributed by atoms with Crippen molar-refractivity contribution in [2.45, 2.75) is 13.5 Å². The number of aromatic nitrogens is 3. The van der Waals surface area contributed by atoms with E-state index in [-0.39, 0.29) is 5.78 Å². The average molecular weight is 228 g/mol. The van der Waals surface area contributed by atoms with Crippen LogP contribution in [-0.4, -0.2) is 21.0 Å². The number of hydrogen-bond acceptors (Lipinski definition) is 3. The molecule has 5 heteroatoms. The predicted octanol–water partition coefficient (Wildman–Crippen LogP) is 1.71. The molecule has 0 aliphatic rings. The van der Waals surface area contributed by atoms with E-state index in [0.717, 1.165) is 27.6 Å². The molecular formula is C12H12N4O. The zero-order valence-corrected chi connectivity index (χ0v) is 9.37. The summed E-state index contributed by atoms with van der Waals surface area (Å²) in [4.78, 5) is 14.6. The zero-order chi connectivity index (χ0) is 12.0. The van der Waals surface area contributed by atoms with Crippen molar-refractivity contribution >= 4 is 27.7 Å². The molecule has 0 aliphatic heterocycles. The number of nitrogens with zero attached hydrogens (tertiary/aromatic N) is 1. The Morgan fingerprint density at radius 3 is 3.00 bits per heavy atom. The molecule has 0 aliphatic carbocycles. The molecule has 3 aromatic rings. The molecule has 4 N–H and O–H groups in total. The summed E-state index contributed by atoms with van der Waals surface area (Å²) in [6.07, 6.45) is 0. The minimum Gasteiger partial charge on any atom is -0.338 e. The van der Waals surface area contributed by atoms with E-state index in [0.29, 0.717) is 12.1 Å². The van der Waals surface area contributed by atoms with Crippen LogP contribution in [0.5, 0.6) is 0 Å². The zero-order valence-electron chi connectivity index (χ0n) is 9.37. The van der Waals surface area contributed by atoms with E-state index in [1.54, 1.807) is 6.92 Å². The van der Waals surface area contributed by atoms with Gasteiger partial charge in [-0.1, -0.05) is 0 Å². The molecule has 2 heterocycles. The van der Waals surface area contributed by atoms with Gasteiger partial charge in [0.25, 0.3) is 0 Å². The molecule has 1 aromatic carbocycles. The maximum atomic E-state index is 11.4. The van der Waals surface area contributed by atoms with Crippen LogP contribution in [0, 0.1) is 0 Å². The minimum atomic E-state index is 0.0547. The highest BCUT2D eigenvalue weighted by molar-refractivity contribution is 6.10. The Kier molecular flexibility index (Phi) is 2.02. The van der Waals surface area contributed by atoms with Crippen molar-refractivity contribution in [3.63, 3.8) is 0 Å². The number of nitrogens with two attached hydrogens (primary N) is 1. The fraction of sp³-hybridized carbons (Fsp3) is 0.167. The van der Waals surface area contributed by atoms with Gasteiger partial charge in [-0.15, -0.1) is 0 Å². The van der Waals surface area contributed by atoms with Crippen LogP contribution in [0.4, 0.5) is 0 Å². The van der Waals surface area contributed by atoms with Gasteiger partial charge in [-0.25, -0.2) is 0 Å². The van der Waals surface area contributed by atoms with E-state index in [1.807, 2.05) is 18.2 Å². The van der Waals surface area contributed by atoms with E-state index in [4.69, 9.17) is 5.73 Å². The third-order valence-corrected chi connectivity index (χ3v) is 2.99. The molecule has 86 valence electrons. The first-order valence-electron chi connectivity index (χ1n) is 5.40. The third-order valence-electron chi connectivity index (χ3n) is 2.99. The largest absolute Gasteiger partial charge is 0.338 e. The minimum absolute atomic E-state index is 0.0547. The Hall–Kier alpha value is -2.14. The molecule has 0 saturated carbocycles. The van der Waals surface area contributed by atoms with Crippen molar-refractivity contribution in [2.75, 3.05) is 0 Å². The Morgan fingerprint density at radius 1 is 1.47 bits per heavy atom. The number of benzene rings is 1. The molecule has 0 saturated heterocycles. The summed E-state index contributed by atoms with van der Waals surface area (Å²) in [7, 11) is 0. The number of hydrogen-bond donors (Lipinski definition) is 3. The summed E-state index contributed by atoms with van der Waals surface area (Å²) in [5, 5.41) is 9.01. The predicted molar refractivity (Wildman–Crippen MR) is 65.8 cm³/mol. The van der Waals surface area contributed by atoms with Crippen molar-refractivity contribution in [3.05, 3.63) is 29.5 Å². The molecule has 5 nitrogen and oxygen atoms in total. The van der Waals surface area contributed by atoms with Gasteiger partial charge >= 0.3 is 0 Å². The van der Waals surface area contributed by atoms with Gasteiger partial charge in [-0.3, -0.25) is 9.89 Å². The van der Waals surface area contributed by atoms with Gasteiger partial charge in [0.2, 0.25) is 0 Å². The second kappa shape index (κ2) is 3.43. The number of carbonyl (C=O) groups is 1. The molecular weight excluding hydrogens is 216 g/mol. The fourth-order valence-corrected chi connectivity index (χ4v) is 2.11. The summed E-state index contributed by atoms with van der Waals surface area (Å²) in [5.41, 5.74) is 8.98. The van der Waals surface area contributed by atoms with Crippen LogP contribution in [0.15, 0.2) is 18.2 Å². The highest BCUT2D eigenvalue weighted by Gasteiger charge is 2.12. The Morgan fingerprint density at radius 2 is 2.29 bits per heavy atom. The van der Waals surface area contributed by atoms with E-state index >= 15 is 0 Å². The van der Waals surface area contributed by atoms with Crippen molar-refractivity contribution in [2.24, 2.45) is 5.73 Å². The van der Waals surface area contributed by atoms with Gasteiger partial charge in [0.15, 0.2) is 11.4 Å². The molecule has 0 radical (unpaired) electrons. The van der Waals surface area contributed by atoms with Gasteiger partial charge in [-0.2, -0.15) is 5.10 Å². The number of nitrogens with one attached hydrogen (secondary N) is 2. The maximum absolute atomic E-state index is 11.4. The lowest BCUT2D eigenvalue weighted by molar-refractivity contribution is 0.101. The van der Waals surface area contributed by atoms with E-state index in [2.05, 4.69) is 15.2 Å². The number of carbonyl (C=O) groups excluding carboxylic acids is 1. The molecule has 0 atom stereocenters.